The molecule has 0 radical (unpaired) electrons. The molecule has 4 nitrogen and oxygen atoms in total. The second-order valence-corrected chi connectivity index (χ2v) is 6.19. The Labute approximate surface area is 102 Å². The molecule has 0 amide bonds. The van der Waals surface area contributed by atoms with Crippen molar-refractivity contribution in [3.63, 3.8) is 0 Å². The highest BCUT2D eigenvalue weighted by molar-refractivity contribution is 7.91. The Kier molecular flexibility index (Phi) is 5.44. The van der Waals surface area contributed by atoms with Crippen LogP contribution in [0.25, 0.3) is 0 Å². The number of sulfone groups is 1. The summed E-state index contributed by atoms with van der Waals surface area (Å²) in [7, 11) is -3.11. The smallest absolute Gasteiger partial charge is 0.153 e. The van der Waals surface area contributed by atoms with Crippen LogP contribution in [0.2, 0.25) is 0 Å². The molecule has 0 saturated carbocycles. The zero-order valence-corrected chi connectivity index (χ0v) is 10.7. The number of aryl methyl sites for hydroxylation is 1. The van der Waals surface area contributed by atoms with Gasteiger partial charge in [0.15, 0.2) is 9.84 Å². The van der Waals surface area contributed by atoms with Gasteiger partial charge in [0.1, 0.15) is 12.4 Å². The van der Waals surface area contributed by atoms with Crippen LogP contribution >= 0.6 is 0 Å². The lowest BCUT2D eigenvalue weighted by Crippen LogP contribution is -2.17. The van der Waals surface area contributed by atoms with Gasteiger partial charge in [-0.05, 0) is 25.5 Å². The average molecular weight is 258 g/mol. The summed E-state index contributed by atoms with van der Waals surface area (Å²) in [6.45, 7) is 2.03. The van der Waals surface area contributed by atoms with Crippen molar-refractivity contribution in [3.8, 4) is 5.75 Å². The predicted octanol–water partition coefficient (Wildman–Crippen LogP) is 1.17. The third-order valence-electron chi connectivity index (χ3n) is 2.30. The first kappa shape index (κ1) is 14.0. The van der Waals surface area contributed by atoms with Crippen LogP contribution in [0.1, 0.15) is 12.0 Å². The van der Waals surface area contributed by atoms with Gasteiger partial charge < -0.3 is 9.84 Å². The molecule has 0 atom stereocenters. The first-order valence-electron chi connectivity index (χ1n) is 5.54. The van der Waals surface area contributed by atoms with Gasteiger partial charge in [-0.1, -0.05) is 17.7 Å². The van der Waals surface area contributed by atoms with E-state index in [1.54, 1.807) is 0 Å². The Balaban J connectivity index is 2.34. The second-order valence-electron chi connectivity index (χ2n) is 3.89. The van der Waals surface area contributed by atoms with E-state index in [2.05, 4.69) is 0 Å². The summed E-state index contributed by atoms with van der Waals surface area (Å²) in [5, 5.41) is 8.56. The molecule has 0 aliphatic rings. The maximum Gasteiger partial charge on any atom is 0.153 e. The molecule has 0 aliphatic carbocycles. The van der Waals surface area contributed by atoms with Crippen molar-refractivity contribution in [2.75, 3.05) is 24.7 Å². The van der Waals surface area contributed by atoms with Crippen molar-refractivity contribution in [1.82, 2.24) is 0 Å². The van der Waals surface area contributed by atoms with E-state index >= 15 is 0 Å². The topological polar surface area (TPSA) is 63.6 Å². The van der Waals surface area contributed by atoms with Crippen molar-refractivity contribution >= 4 is 9.84 Å². The van der Waals surface area contributed by atoms with Crippen molar-refractivity contribution in [1.29, 1.82) is 0 Å². The van der Waals surface area contributed by atoms with Crippen LogP contribution in [0.4, 0.5) is 0 Å². The van der Waals surface area contributed by atoms with Gasteiger partial charge in [-0.2, -0.15) is 0 Å². The van der Waals surface area contributed by atoms with Crippen LogP contribution in [0.15, 0.2) is 24.3 Å². The van der Waals surface area contributed by atoms with E-state index in [-0.39, 0.29) is 31.1 Å². The lowest BCUT2D eigenvalue weighted by molar-refractivity contribution is 0.295. The minimum absolute atomic E-state index is 0.0130. The zero-order chi connectivity index (χ0) is 12.7. The van der Waals surface area contributed by atoms with Crippen molar-refractivity contribution in [2.45, 2.75) is 13.3 Å². The summed E-state index contributed by atoms with van der Waals surface area (Å²) >= 11 is 0. The normalized spacial score (nSPS) is 11.4. The van der Waals surface area contributed by atoms with Gasteiger partial charge in [-0.3, -0.25) is 0 Å². The quantitative estimate of drug-likeness (QED) is 0.797. The molecule has 0 bridgehead atoms. The fraction of sp³-hybridized carbons (Fsp3) is 0.500. The molecule has 0 heterocycles. The second kappa shape index (κ2) is 6.61. The standard InChI is InChI=1S/C12H18O4S/c1-11-3-5-12(6-4-11)16-8-10-17(14,15)9-2-7-13/h3-6,13H,2,7-10H2,1H3. The van der Waals surface area contributed by atoms with Gasteiger partial charge >= 0.3 is 0 Å². The van der Waals surface area contributed by atoms with Gasteiger partial charge in [0.05, 0.1) is 11.5 Å². The number of benzene rings is 1. The Morgan fingerprint density at radius 2 is 1.82 bits per heavy atom. The molecule has 17 heavy (non-hydrogen) atoms. The number of ether oxygens (including phenoxy) is 1. The number of hydrogen-bond acceptors (Lipinski definition) is 4. The number of rotatable bonds is 7. The van der Waals surface area contributed by atoms with Crippen LogP contribution in [-0.4, -0.2) is 38.2 Å². The summed E-state index contributed by atoms with van der Waals surface area (Å²) in [5.41, 5.74) is 1.13. The predicted molar refractivity (Wildman–Crippen MR) is 67.0 cm³/mol. The fourth-order valence-electron chi connectivity index (χ4n) is 1.31. The molecule has 0 fully saturated rings. The van der Waals surface area contributed by atoms with Crippen molar-refractivity contribution in [3.05, 3.63) is 29.8 Å². The van der Waals surface area contributed by atoms with E-state index in [1.165, 1.54) is 0 Å². The lowest BCUT2D eigenvalue weighted by Gasteiger charge is -2.07. The highest BCUT2D eigenvalue weighted by Crippen LogP contribution is 2.11. The molecule has 0 saturated heterocycles. The summed E-state index contributed by atoms with van der Waals surface area (Å²) < 4.78 is 28.2. The summed E-state index contributed by atoms with van der Waals surface area (Å²) in [4.78, 5) is 0. The minimum atomic E-state index is -3.11. The van der Waals surface area contributed by atoms with Crippen molar-refractivity contribution < 1.29 is 18.3 Å². The fourth-order valence-corrected chi connectivity index (χ4v) is 2.42. The molecular formula is C12H18O4S. The summed E-state index contributed by atoms with van der Waals surface area (Å²) in [6, 6.07) is 7.45. The highest BCUT2D eigenvalue weighted by atomic mass is 32.2. The molecule has 1 aromatic rings. The van der Waals surface area contributed by atoms with Gasteiger partial charge in [0, 0.05) is 6.61 Å². The molecule has 5 heteroatoms. The maximum absolute atomic E-state index is 11.4. The molecule has 0 aromatic heterocycles. The molecular weight excluding hydrogens is 240 g/mol. The summed E-state index contributed by atoms with van der Waals surface area (Å²) in [6.07, 6.45) is 0.285. The Morgan fingerprint density at radius 1 is 1.18 bits per heavy atom. The third-order valence-corrected chi connectivity index (χ3v) is 4.00. The Bertz CT molecular complexity index is 422. The zero-order valence-electron chi connectivity index (χ0n) is 9.93. The van der Waals surface area contributed by atoms with Crippen LogP contribution in [0.5, 0.6) is 5.75 Å². The van der Waals surface area contributed by atoms with E-state index in [0.29, 0.717) is 5.75 Å². The third kappa shape index (κ3) is 5.70. The molecule has 96 valence electrons. The van der Waals surface area contributed by atoms with Crippen LogP contribution in [-0.2, 0) is 9.84 Å². The van der Waals surface area contributed by atoms with Gasteiger partial charge in [0.2, 0.25) is 0 Å². The maximum atomic E-state index is 11.4. The monoisotopic (exact) mass is 258 g/mol. The molecule has 1 rings (SSSR count). The number of aliphatic hydroxyl groups excluding tert-OH is 1. The van der Waals surface area contributed by atoms with Crippen molar-refractivity contribution in [2.24, 2.45) is 0 Å². The van der Waals surface area contributed by atoms with Gasteiger partial charge in [0.25, 0.3) is 0 Å². The number of hydrogen-bond donors (Lipinski definition) is 1. The summed E-state index contributed by atoms with van der Waals surface area (Å²) in [5.74, 6) is 0.676. The van der Waals surface area contributed by atoms with E-state index < -0.39 is 9.84 Å². The van der Waals surface area contributed by atoms with E-state index in [4.69, 9.17) is 9.84 Å². The molecule has 0 aliphatic heterocycles. The SMILES string of the molecule is Cc1ccc(OCCS(=O)(=O)CCCO)cc1. The van der Waals surface area contributed by atoms with Crippen LogP contribution in [0, 0.1) is 6.92 Å². The van der Waals surface area contributed by atoms with Crippen LogP contribution in [0.3, 0.4) is 0 Å². The first-order chi connectivity index (χ1) is 8.03. The van der Waals surface area contributed by atoms with E-state index in [1.807, 2.05) is 31.2 Å². The van der Waals surface area contributed by atoms with E-state index in [9.17, 15) is 8.42 Å². The van der Waals surface area contributed by atoms with Gasteiger partial charge in [-0.15, -0.1) is 0 Å². The van der Waals surface area contributed by atoms with Gasteiger partial charge in [-0.25, -0.2) is 8.42 Å². The minimum Gasteiger partial charge on any atom is -0.493 e. The molecule has 1 aromatic carbocycles. The Morgan fingerprint density at radius 3 is 2.41 bits per heavy atom. The number of aliphatic hydroxyl groups is 1. The van der Waals surface area contributed by atoms with Crippen LogP contribution < -0.4 is 4.74 Å². The first-order valence-corrected chi connectivity index (χ1v) is 7.36. The molecule has 0 unspecified atom stereocenters. The molecule has 0 spiro atoms. The van der Waals surface area contributed by atoms with E-state index in [0.717, 1.165) is 5.56 Å². The lowest BCUT2D eigenvalue weighted by atomic mass is 10.2. The Hall–Kier alpha value is -1.07. The molecule has 1 N–H and O–H groups in total. The largest absolute Gasteiger partial charge is 0.493 e. The average Bonchev–Trinajstić information content (AvgIpc) is 2.29. The highest BCUT2D eigenvalue weighted by Gasteiger charge is 2.10.